The highest BCUT2D eigenvalue weighted by Gasteiger charge is 2.27. The highest BCUT2D eigenvalue weighted by Crippen LogP contribution is 2.24. The Hall–Kier alpha value is -0.660. The lowest BCUT2D eigenvalue weighted by Crippen LogP contribution is -2.40. The van der Waals surface area contributed by atoms with E-state index in [9.17, 15) is 18.3 Å². The van der Waals surface area contributed by atoms with Crippen LogP contribution in [0.1, 0.15) is 33.1 Å². The SMILES string of the molecule is CCC(CC)(CO)CNS(=O)(=O)CCC(=O)OC. The van der Waals surface area contributed by atoms with Gasteiger partial charge in [-0.15, -0.1) is 0 Å². The van der Waals surface area contributed by atoms with Gasteiger partial charge in [-0.3, -0.25) is 4.79 Å². The van der Waals surface area contributed by atoms with Crippen LogP contribution in [0.2, 0.25) is 0 Å². The van der Waals surface area contributed by atoms with Gasteiger partial charge >= 0.3 is 5.97 Å². The molecule has 0 aliphatic carbocycles. The quantitative estimate of drug-likeness (QED) is 0.592. The van der Waals surface area contributed by atoms with Crippen LogP contribution in [0.25, 0.3) is 0 Å². The Morgan fingerprint density at radius 2 is 1.89 bits per heavy atom. The van der Waals surface area contributed by atoms with E-state index in [0.717, 1.165) is 0 Å². The zero-order valence-electron chi connectivity index (χ0n) is 11.2. The molecular formula is C11H23NO5S. The maximum absolute atomic E-state index is 11.6. The van der Waals surface area contributed by atoms with Gasteiger partial charge < -0.3 is 9.84 Å². The number of aliphatic hydroxyl groups excluding tert-OH is 1. The van der Waals surface area contributed by atoms with Gasteiger partial charge in [0.1, 0.15) is 0 Å². The average Bonchev–Trinajstić information content (AvgIpc) is 2.38. The molecule has 0 aliphatic heterocycles. The fourth-order valence-electron chi connectivity index (χ4n) is 1.43. The van der Waals surface area contributed by atoms with Crippen LogP contribution in [-0.4, -0.2) is 45.5 Å². The van der Waals surface area contributed by atoms with Crippen LogP contribution in [0.3, 0.4) is 0 Å². The maximum atomic E-state index is 11.6. The van der Waals surface area contributed by atoms with E-state index in [0.29, 0.717) is 12.8 Å². The summed E-state index contributed by atoms with van der Waals surface area (Å²) in [6, 6.07) is 0. The first-order valence-electron chi connectivity index (χ1n) is 5.99. The molecule has 0 aromatic carbocycles. The topological polar surface area (TPSA) is 92.7 Å². The van der Waals surface area contributed by atoms with Gasteiger partial charge in [0, 0.05) is 18.6 Å². The Labute approximate surface area is 109 Å². The molecule has 0 aromatic heterocycles. The lowest BCUT2D eigenvalue weighted by atomic mass is 9.84. The summed E-state index contributed by atoms with van der Waals surface area (Å²) in [4.78, 5) is 10.9. The molecule has 108 valence electrons. The summed E-state index contributed by atoms with van der Waals surface area (Å²) in [6.45, 7) is 3.92. The summed E-state index contributed by atoms with van der Waals surface area (Å²) in [7, 11) is -2.30. The van der Waals surface area contributed by atoms with E-state index in [4.69, 9.17) is 0 Å². The number of hydrogen-bond donors (Lipinski definition) is 2. The predicted molar refractivity (Wildman–Crippen MR) is 68.5 cm³/mol. The van der Waals surface area contributed by atoms with Crippen molar-refractivity contribution in [3.05, 3.63) is 0 Å². The van der Waals surface area contributed by atoms with Gasteiger partial charge in [-0.05, 0) is 12.8 Å². The van der Waals surface area contributed by atoms with E-state index in [2.05, 4.69) is 9.46 Å². The smallest absolute Gasteiger partial charge is 0.306 e. The molecule has 0 aliphatic rings. The van der Waals surface area contributed by atoms with Crippen molar-refractivity contribution in [1.82, 2.24) is 4.72 Å². The minimum atomic E-state index is -3.51. The highest BCUT2D eigenvalue weighted by atomic mass is 32.2. The summed E-state index contributed by atoms with van der Waals surface area (Å²) in [5.74, 6) is -0.853. The fraction of sp³-hybridized carbons (Fsp3) is 0.909. The number of sulfonamides is 1. The zero-order valence-corrected chi connectivity index (χ0v) is 12.0. The van der Waals surface area contributed by atoms with Gasteiger partial charge in [0.25, 0.3) is 0 Å². The number of methoxy groups -OCH3 is 1. The largest absolute Gasteiger partial charge is 0.469 e. The molecule has 0 heterocycles. The predicted octanol–water partition coefficient (Wildman–Crippen LogP) is 0.268. The summed E-state index contributed by atoms with van der Waals surface area (Å²) in [5.41, 5.74) is -0.432. The Morgan fingerprint density at radius 1 is 1.33 bits per heavy atom. The zero-order chi connectivity index (χ0) is 14.2. The van der Waals surface area contributed by atoms with Crippen LogP contribution in [0.5, 0.6) is 0 Å². The molecular weight excluding hydrogens is 258 g/mol. The first-order chi connectivity index (χ1) is 8.34. The van der Waals surface area contributed by atoms with E-state index in [1.165, 1.54) is 7.11 Å². The number of carbonyl (C=O) groups is 1. The summed E-state index contributed by atoms with van der Waals surface area (Å²) in [6.07, 6.45) is 1.19. The molecule has 6 nitrogen and oxygen atoms in total. The van der Waals surface area contributed by atoms with E-state index < -0.39 is 21.4 Å². The van der Waals surface area contributed by atoms with Crippen molar-refractivity contribution in [1.29, 1.82) is 0 Å². The van der Waals surface area contributed by atoms with Crippen LogP contribution in [-0.2, 0) is 19.6 Å². The summed E-state index contributed by atoms with van der Waals surface area (Å²) in [5, 5.41) is 9.32. The second-order valence-electron chi connectivity index (χ2n) is 4.33. The molecule has 0 fully saturated rings. The molecule has 2 N–H and O–H groups in total. The van der Waals surface area contributed by atoms with E-state index >= 15 is 0 Å². The molecule has 0 amide bonds. The Morgan fingerprint density at radius 3 is 2.28 bits per heavy atom. The van der Waals surface area contributed by atoms with Crippen molar-refractivity contribution in [2.75, 3.05) is 26.0 Å². The average molecular weight is 281 g/mol. The third kappa shape index (κ3) is 5.79. The third-order valence-electron chi connectivity index (χ3n) is 3.31. The number of carbonyl (C=O) groups excluding carboxylic acids is 1. The highest BCUT2D eigenvalue weighted by molar-refractivity contribution is 7.89. The van der Waals surface area contributed by atoms with Gasteiger partial charge in [-0.25, -0.2) is 13.1 Å². The molecule has 18 heavy (non-hydrogen) atoms. The Balaban J connectivity index is 4.37. The van der Waals surface area contributed by atoms with Crippen LogP contribution >= 0.6 is 0 Å². The second kappa shape index (κ2) is 7.70. The molecule has 7 heteroatoms. The monoisotopic (exact) mass is 281 g/mol. The second-order valence-corrected chi connectivity index (χ2v) is 6.26. The molecule has 0 unspecified atom stereocenters. The van der Waals surface area contributed by atoms with Crippen LogP contribution in [0, 0.1) is 5.41 Å². The molecule has 0 bridgehead atoms. The Bertz CT molecular complexity index is 340. The molecule has 0 saturated heterocycles. The van der Waals surface area contributed by atoms with Crippen molar-refractivity contribution >= 4 is 16.0 Å². The van der Waals surface area contributed by atoms with Crippen molar-refractivity contribution in [3.8, 4) is 0 Å². The first-order valence-corrected chi connectivity index (χ1v) is 7.65. The van der Waals surface area contributed by atoms with Gasteiger partial charge in [0.15, 0.2) is 0 Å². The maximum Gasteiger partial charge on any atom is 0.306 e. The molecule has 0 aromatic rings. The first kappa shape index (κ1) is 17.3. The van der Waals surface area contributed by atoms with Crippen molar-refractivity contribution in [3.63, 3.8) is 0 Å². The van der Waals surface area contributed by atoms with Crippen LogP contribution in [0.4, 0.5) is 0 Å². The van der Waals surface area contributed by atoms with Crippen molar-refractivity contribution in [2.24, 2.45) is 5.41 Å². The van der Waals surface area contributed by atoms with Crippen LogP contribution in [0.15, 0.2) is 0 Å². The molecule has 0 saturated carbocycles. The lowest BCUT2D eigenvalue weighted by Gasteiger charge is -2.29. The van der Waals surface area contributed by atoms with E-state index in [1.807, 2.05) is 13.8 Å². The summed E-state index contributed by atoms with van der Waals surface area (Å²) < 4.78 is 30.1. The standard InChI is InChI=1S/C11H23NO5S/c1-4-11(5-2,9-13)8-12-18(15,16)7-6-10(14)17-3/h12-13H,4-9H2,1-3H3. The van der Waals surface area contributed by atoms with Crippen LogP contribution < -0.4 is 4.72 Å². The van der Waals surface area contributed by atoms with Gasteiger partial charge in [-0.1, -0.05) is 13.8 Å². The lowest BCUT2D eigenvalue weighted by molar-refractivity contribution is -0.140. The Kier molecular flexibility index (Phi) is 7.42. The van der Waals surface area contributed by atoms with Crippen molar-refractivity contribution in [2.45, 2.75) is 33.1 Å². The number of ether oxygens (including phenoxy) is 1. The van der Waals surface area contributed by atoms with Gasteiger partial charge in [0.05, 0.1) is 19.3 Å². The number of esters is 1. The molecule has 0 spiro atoms. The normalized spacial score (nSPS) is 12.4. The van der Waals surface area contributed by atoms with E-state index in [-0.39, 0.29) is 25.3 Å². The van der Waals surface area contributed by atoms with Gasteiger partial charge in [0.2, 0.25) is 10.0 Å². The number of aliphatic hydroxyl groups is 1. The number of rotatable bonds is 9. The molecule has 0 atom stereocenters. The van der Waals surface area contributed by atoms with E-state index in [1.54, 1.807) is 0 Å². The molecule has 0 rings (SSSR count). The minimum absolute atomic E-state index is 0.0699. The minimum Gasteiger partial charge on any atom is -0.469 e. The fourth-order valence-corrected chi connectivity index (χ4v) is 2.54. The number of nitrogens with one attached hydrogen (secondary N) is 1. The molecule has 0 radical (unpaired) electrons. The number of hydrogen-bond acceptors (Lipinski definition) is 5. The third-order valence-corrected chi connectivity index (χ3v) is 4.63. The van der Waals surface area contributed by atoms with Crippen molar-refractivity contribution < 1.29 is 23.1 Å². The van der Waals surface area contributed by atoms with Gasteiger partial charge in [-0.2, -0.15) is 0 Å². The summed E-state index contributed by atoms with van der Waals surface area (Å²) >= 11 is 0.